The lowest BCUT2D eigenvalue weighted by atomic mass is 10.1. The summed E-state index contributed by atoms with van der Waals surface area (Å²) in [7, 11) is -2.68. The molecule has 2 atom stereocenters. The van der Waals surface area contributed by atoms with Crippen molar-refractivity contribution < 1.29 is 27.1 Å². The van der Waals surface area contributed by atoms with Gasteiger partial charge in [0.05, 0.1) is 17.7 Å². The Bertz CT molecular complexity index is 1410. The monoisotopic (exact) mass is 583 g/mol. The number of aryl methyl sites for hydroxylation is 1. The van der Waals surface area contributed by atoms with Gasteiger partial charge in [-0.1, -0.05) is 43.7 Å². The van der Waals surface area contributed by atoms with Crippen LogP contribution in [-0.4, -0.2) is 50.9 Å². The lowest BCUT2D eigenvalue weighted by Crippen LogP contribution is -2.53. The smallest absolute Gasteiger partial charge is 0.264 e. The van der Waals surface area contributed by atoms with Crippen LogP contribution in [0.1, 0.15) is 44.7 Å². The molecule has 0 bridgehead atoms. The van der Waals surface area contributed by atoms with Crippen molar-refractivity contribution >= 4 is 27.5 Å². The van der Waals surface area contributed by atoms with Gasteiger partial charge < -0.3 is 15.0 Å². The SMILES string of the molecule is CC[C@@H](C)NC(=O)[C@H](CC)N(Cc1ccc(F)cc1)C(=O)CN(c1ccc(OC)cc1)S(=O)(=O)c1ccc(C)cc1. The molecule has 0 aliphatic carbocycles. The zero-order valence-electron chi connectivity index (χ0n) is 24.1. The number of ether oxygens (including phenoxy) is 1. The van der Waals surface area contributed by atoms with E-state index in [9.17, 15) is 22.4 Å². The molecule has 0 aliphatic rings. The Morgan fingerprint density at radius 2 is 1.54 bits per heavy atom. The lowest BCUT2D eigenvalue weighted by Gasteiger charge is -2.33. The van der Waals surface area contributed by atoms with Crippen molar-refractivity contribution in [1.82, 2.24) is 10.2 Å². The van der Waals surface area contributed by atoms with Crippen LogP contribution in [0, 0.1) is 12.7 Å². The third-order valence-corrected chi connectivity index (χ3v) is 8.69. The van der Waals surface area contributed by atoms with Crippen molar-refractivity contribution in [2.75, 3.05) is 18.0 Å². The molecule has 8 nitrogen and oxygen atoms in total. The first-order chi connectivity index (χ1) is 19.5. The maximum atomic E-state index is 14.1. The van der Waals surface area contributed by atoms with Gasteiger partial charge in [-0.25, -0.2) is 12.8 Å². The van der Waals surface area contributed by atoms with Gasteiger partial charge in [0.2, 0.25) is 11.8 Å². The largest absolute Gasteiger partial charge is 0.497 e. The minimum absolute atomic E-state index is 0.00736. The van der Waals surface area contributed by atoms with Crippen LogP contribution in [-0.2, 0) is 26.2 Å². The highest BCUT2D eigenvalue weighted by atomic mass is 32.2. The molecule has 0 heterocycles. The fraction of sp³-hybridized carbons (Fsp3) is 0.355. The molecule has 3 rings (SSSR count). The average molecular weight is 584 g/mol. The molecule has 0 unspecified atom stereocenters. The number of amides is 2. The van der Waals surface area contributed by atoms with Gasteiger partial charge in [0.25, 0.3) is 10.0 Å². The lowest BCUT2D eigenvalue weighted by molar-refractivity contribution is -0.140. The Morgan fingerprint density at radius 3 is 2.07 bits per heavy atom. The number of halogens is 1. The topological polar surface area (TPSA) is 96.0 Å². The Balaban J connectivity index is 2.05. The summed E-state index contributed by atoms with van der Waals surface area (Å²) in [6.45, 7) is 6.88. The van der Waals surface area contributed by atoms with Crippen LogP contribution in [0.15, 0.2) is 77.7 Å². The van der Waals surface area contributed by atoms with Crippen molar-refractivity contribution in [2.24, 2.45) is 0 Å². The number of carbonyl (C=O) groups excluding carboxylic acids is 2. The summed E-state index contributed by atoms with van der Waals surface area (Å²) in [5, 5.41) is 2.93. The number of rotatable bonds is 13. The number of anilines is 1. The first-order valence-electron chi connectivity index (χ1n) is 13.6. The van der Waals surface area contributed by atoms with E-state index in [4.69, 9.17) is 4.74 Å². The predicted molar refractivity (Wildman–Crippen MR) is 158 cm³/mol. The van der Waals surface area contributed by atoms with E-state index in [-0.39, 0.29) is 29.1 Å². The molecule has 0 saturated heterocycles. The Labute approximate surface area is 242 Å². The maximum Gasteiger partial charge on any atom is 0.264 e. The quantitative estimate of drug-likeness (QED) is 0.304. The summed E-state index contributed by atoms with van der Waals surface area (Å²) < 4.78 is 47.7. The van der Waals surface area contributed by atoms with Crippen molar-refractivity contribution in [1.29, 1.82) is 0 Å². The van der Waals surface area contributed by atoms with Crippen LogP contribution in [0.3, 0.4) is 0 Å². The number of methoxy groups -OCH3 is 1. The second-order valence-corrected chi connectivity index (χ2v) is 11.8. The fourth-order valence-electron chi connectivity index (χ4n) is 4.26. The summed E-state index contributed by atoms with van der Waals surface area (Å²) in [4.78, 5) is 28.7. The number of sulfonamides is 1. The third kappa shape index (κ3) is 8.07. The zero-order valence-corrected chi connectivity index (χ0v) is 24.9. The van der Waals surface area contributed by atoms with Crippen LogP contribution in [0.25, 0.3) is 0 Å². The Morgan fingerprint density at radius 1 is 0.927 bits per heavy atom. The van der Waals surface area contributed by atoms with Crippen LogP contribution in [0.4, 0.5) is 10.1 Å². The van der Waals surface area contributed by atoms with E-state index in [0.29, 0.717) is 24.2 Å². The molecule has 0 spiro atoms. The molecular formula is C31H38FN3O5S. The highest BCUT2D eigenvalue weighted by Gasteiger charge is 2.34. The zero-order chi connectivity index (χ0) is 30.2. The van der Waals surface area contributed by atoms with Crippen molar-refractivity contribution in [2.45, 2.75) is 64.1 Å². The molecule has 3 aromatic rings. The number of nitrogens with one attached hydrogen (secondary N) is 1. The Kier molecular flexibility index (Phi) is 10.9. The van der Waals surface area contributed by atoms with Gasteiger partial charge >= 0.3 is 0 Å². The van der Waals surface area contributed by atoms with Crippen molar-refractivity contribution in [3.8, 4) is 5.75 Å². The summed E-state index contributed by atoms with van der Waals surface area (Å²) >= 11 is 0. The summed E-state index contributed by atoms with van der Waals surface area (Å²) in [6, 6.07) is 17.4. The van der Waals surface area contributed by atoms with Gasteiger partial charge in [-0.05, 0) is 80.8 Å². The molecular weight excluding hydrogens is 545 g/mol. The van der Waals surface area contributed by atoms with Crippen LogP contribution >= 0.6 is 0 Å². The van der Waals surface area contributed by atoms with E-state index >= 15 is 0 Å². The van der Waals surface area contributed by atoms with Crippen molar-refractivity contribution in [3.05, 3.63) is 89.7 Å². The van der Waals surface area contributed by atoms with Gasteiger partial charge in [-0.15, -0.1) is 0 Å². The van der Waals surface area contributed by atoms with Gasteiger partial charge in [0, 0.05) is 12.6 Å². The molecule has 10 heteroatoms. The van der Waals surface area contributed by atoms with Gasteiger partial charge in [-0.3, -0.25) is 13.9 Å². The van der Waals surface area contributed by atoms with E-state index in [1.807, 2.05) is 20.8 Å². The minimum atomic E-state index is -4.18. The van der Waals surface area contributed by atoms with Crippen LogP contribution in [0.5, 0.6) is 5.75 Å². The maximum absolute atomic E-state index is 14.1. The van der Waals surface area contributed by atoms with E-state index in [1.165, 1.54) is 36.3 Å². The highest BCUT2D eigenvalue weighted by molar-refractivity contribution is 7.92. The molecule has 41 heavy (non-hydrogen) atoms. The summed E-state index contributed by atoms with van der Waals surface area (Å²) in [5.41, 5.74) is 1.75. The predicted octanol–water partition coefficient (Wildman–Crippen LogP) is 5.06. The molecule has 0 radical (unpaired) electrons. The highest BCUT2D eigenvalue weighted by Crippen LogP contribution is 2.27. The van der Waals surface area contributed by atoms with E-state index in [0.717, 1.165) is 9.87 Å². The van der Waals surface area contributed by atoms with Gasteiger partial charge in [0.15, 0.2) is 0 Å². The number of nitrogens with zero attached hydrogens (tertiary/aromatic N) is 2. The van der Waals surface area contributed by atoms with Crippen LogP contribution in [0.2, 0.25) is 0 Å². The third-order valence-electron chi connectivity index (χ3n) is 6.90. The second-order valence-electron chi connectivity index (χ2n) is 9.91. The fourth-order valence-corrected chi connectivity index (χ4v) is 5.68. The number of benzene rings is 3. The standard InChI is InChI=1S/C31H38FN3O5S/c1-6-23(4)33-31(37)29(7-2)34(20-24-10-12-25(32)13-11-24)30(36)21-35(26-14-16-27(40-5)17-15-26)41(38,39)28-18-8-22(3)9-19-28/h8-19,23,29H,6-7,20-21H2,1-5H3,(H,33,37)/t23-,29+/m1/s1. The van der Waals surface area contributed by atoms with Gasteiger partial charge in [-0.2, -0.15) is 0 Å². The first-order valence-corrected chi connectivity index (χ1v) is 15.0. The molecule has 2 amide bonds. The van der Waals surface area contributed by atoms with Gasteiger partial charge in [0.1, 0.15) is 24.2 Å². The van der Waals surface area contributed by atoms with E-state index < -0.39 is 34.3 Å². The summed E-state index contributed by atoms with van der Waals surface area (Å²) in [6.07, 6.45) is 0.997. The normalized spacial score (nSPS) is 12.7. The molecule has 0 aromatic heterocycles. The number of hydrogen-bond acceptors (Lipinski definition) is 5. The molecule has 220 valence electrons. The van der Waals surface area contributed by atoms with Crippen LogP contribution < -0.4 is 14.4 Å². The Hall–Kier alpha value is -3.92. The average Bonchev–Trinajstić information content (AvgIpc) is 2.96. The summed E-state index contributed by atoms with van der Waals surface area (Å²) in [5.74, 6) is -0.816. The minimum Gasteiger partial charge on any atom is -0.497 e. The molecule has 0 saturated carbocycles. The first kappa shape index (κ1) is 31.6. The van der Waals surface area contributed by atoms with E-state index in [1.54, 1.807) is 55.5 Å². The second kappa shape index (κ2) is 14.1. The molecule has 0 aliphatic heterocycles. The number of carbonyl (C=O) groups is 2. The molecule has 3 aromatic carbocycles. The molecule has 0 fully saturated rings. The number of hydrogen-bond donors (Lipinski definition) is 1. The molecule has 1 N–H and O–H groups in total. The van der Waals surface area contributed by atoms with E-state index in [2.05, 4.69) is 5.32 Å². The van der Waals surface area contributed by atoms with Crippen molar-refractivity contribution in [3.63, 3.8) is 0 Å².